The van der Waals surface area contributed by atoms with Crippen molar-refractivity contribution in [1.29, 1.82) is 0 Å². The van der Waals surface area contributed by atoms with E-state index in [9.17, 15) is 0 Å². The topological polar surface area (TPSA) is 32.5 Å². The molecule has 0 bridgehead atoms. The van der Waals surface area contributed by atoms with Gasteiger partial charge < -0.3 is 15.5 Å². The van der Waals surface area contributed by atoms with Gasteiger partial charge in [-0.2, -0.15) is 0 Å². The van der Waals surface area contributed by atoms with Crippen LogP contribution in [0.15, 0.2) is 0 Å². The molecule has 2 rings (SSSR count). The van der Waals surface area contributed by atoms with Crippen LogP contribution in [0.5, 0.6) is 0 Å². The first-order chi connectivity index (χ1) is 7.29. The number of hydrogen-bond acceptors (Lipinski definition) is 3. The predicted molar refractivity (Wildman–Crippen MR) is 63.8 cm³/mol. The van der Waals surface area contributed by atoms with Crippen LogP contribution in [0.4, 0.5) is 0 Å². The van der Waals surface area contributed by atoms with Gasteiger partial charge in [0.15, 0.2) is 0 Å². The van der Waals surface area contributed by atoms with Crippen LogP contribution >= 0.6 is 0 Å². The molecule has 0 spiro atoms. The zero-order chi connectivity index (χ0) is 10.7. The molecular formula is C12H25N3. The zero-order valence-electron chi connectivity index (χ0n) is 9.99. The van der Waals surface area contributed by atoms with Gasteiger partial charge in [-0.25, -0.2) is 0 Å². The second-order valence-corrected chi connectivity index (χ2v) is 5.31. The van der Waals surface area contributed by atoms with Gasteiger partial charge in [0.1, 0.15) is 0 Å². The number of nitrogens with zero attached hydrogens (tertiary/aromatic N) is 2. The van der Waals surface area contributed by atoms with E-state index in [0.29, 0.717) is 0 Å². The number of nitrogens with two attached hydrogens (primary N) is 1. The Bertz CT molecular complexity index is 189. The van der Waals surface area contributed by atoms with Crippen LogP contribution in [0.25, 0.3) is 0 Å². The van der Waals surface area contributed by atoms with Crippen LogP contribution in [0, 0.1) is 11.8 Å². The van der Waals surface area contributed by atoms with Gasteiger partial charge in [0.25, 0.3) is 0 Å². The summed E-state index contributed by atoms with van der Waals surface area (Å²) in [6, 6.07) is 0. The SMILES string of the molecule is CN1CCC(C(CN)CN2CCCC2)C1. The van der Waals surface area contributed by atoms with Crippen LogP contribution in [-0.2, 0) is 0 Å². The highest BCUT2D eigenvalue weighted by molar-refractivity contribution is 4.83. The maximum atomic E-state index is 5.93. The van der Waals surface area contributed by atoms with Crippen molar-refractivity contribution in [2.75, 3.05) is 46.3 Å². The van der Waals surface area contributed by atoms with Gasteiger partial charge in [-0.05, 0) is 64.3 Å². The first-order valence-electron chi connectivity index (χ1n) is 6.40. The minimum Gasteiger partial charge on any atom is -0.330 e. The summed E-state index contributed by atoms with van der Waals surface area (Å²) in [6.45, 7) is 7.25. The Labute approximate surface area is 93.6 Å². The van der Waals surface area contributed by atoms with Gasteiger partial charge in [-0.3, -0.25) is 0 Å². The second kappa shape index (κ2) is 5.28. The summed E-state index contributed by atoms with van der Waals surface area (Å²) >= 11 is 0. The predicted octanol–water partition coefficient (Wildman–Crippen LogP) is 0.609. The van der Waals surface area contributed by atoms with E-state index < -0.39 is 0 Å². The minimum absolute atomic E-state index is 0.730. The summed E-state index contributed by atoms with van der Waals surface area (Å²) in [5.74, 6) is 1.58. The van der Waals surface area contributed by atoms with Crippen LogP contribution in [0.1, 0.15) is 19.3 Å². The molecule has 0 amide bonds. The molecule has 2 atom stereocenters. The molecule has 15 heavy (non-hydrogen) atoms. The third-order valence-corrected chi connectivity index (χ3v) is 4.09. The molecule has 0 aromatic rings. The number of likely N-dealkylation sites (tertiary alicyclic amines) is 2. The van der Waals surface area contributed by atoms with E-state index >= 15 is 0 Å². The molecule has 0 aliphatic carbocycles. The summed E-state index contributed by atoms with van der Waals surface area (Å²) in [7, 11) is 2.23. The highest BCUT2D eigenvalue weighted by Gasteiger charge is 2.28. The Morgan fingerprint density at radius 1 is 1.27 bits per heavy atom. The maximum absolute atomic E-state index is 5.93. The van der Waals surface area contributed by atoms with Crippen LogP contribution in [0.3, 0.4) is 0 Å². The number of hydrogen-bond donors (Lipinski definition) is 1. The smallest absolute Gasteiger partial charge is 0.00249 e. The van der Waals surface area contributed by atoms with Crippen molar-refractivity contribution in [2.45, 2.75) is 19.3 Å². The molecule has 0 saturated carbocycles. The molecule has 0 radical (unpaired) electrons. The summed E-state index contributed by atoms with van der Waals surface area (Å²) in [6.07, 6.45) is 4.13. The van der Waals surface area contributed by atoms with Gasteiger partial charge >= 0.3 is 0 Å². The van der Waals surface area contributed by atoms with Crippen molar-refractivity contribution >= 4 is 0 Å². The Morgan fingerprint density at radius 3 is 2.53 bits per heavy atom. The Hall–Kier alpha value is -0.120. The lowest BCUT2D eigenvalue weighted by Gasteiger charge is -2.27. The van der Waals surface area contributed by atoms with Crippen LogP contribution in [0.2, 0.25) is 0 Å². The zero-order valence-corrected chi connectivity index (χ0v) is 9.99. The van der Waals surface area contributed by atoms with Crippen molar-refractivity contribution in [1.82, 2.24) is 9.80 Å². The standard InChI is InChI=1S/C12H25N3/c1-14-7-4-11(9-14)12(8-13)10-15-5-2-3-6-15/h11-12H,2-10,13H2,1H3. The van der Waals surface area contributed by atoms with Crippen molar-refractivity contribution in [3.63, 3.8) is 0 Å². The molecule has 2 unspecified atom stereocenters. The summed E-state index contributed by atoms with van der Waals surface area (Å²) in [5, 5.41) is 0. The van der Waals surface area contributed by atoms with E-state index in [1.165, 1.54) is 52.0 Å². The van der Waals surface area contributed by atoms with E-state index in [1.54, 1.807) is 0 Å². The monoisotopic (exact) mass is 211 g/mol. The van der Waals surface area contributed by atoms with E-state index in [2.05, 4.69) is 16.8 Å². The van der Waals surface area contributed by atoms with E-state index in [-0.39, 0.29) is 0 Å². The molecule has 2 aliphatic rings. The lowest BCUT2D eigenvalue weighted by molar-refractivity contribution is 0.223. The first kappa shape index (κ1) is 11.4. The van der Waals surface area contributed by atoms with Gasteiger partial charge in [-0.15, -0.1) is 0 Å². The van der Waals surface area contributed by atoms with E-state index in [4.69, 9.17) is 5.73 Å². The lowest BCUT2D eigenvalue weighted by atomic mass is 9.91. The molecular weight excluding hydrogens is 186 g/mol. The first-order valence-corrected chi connectivity index (χ1v) is 6.40. The van der Waals surface area contributed by atoms with Crippen LogP contribution < -0.4 is 5.73 Å². The molecule has 2 heterocycles. The largest absolute Gasteiger partial charge is 0.330 e. The Balaban J connectivity index is 1.80. The van der Waals surface area contributed by atoms with Gasteiger partial charge in [0, 0.05) is 13.1 Å². The van der Waals surface area contributed by atoms with Crippen molar-refractivity contribution < 1.29 is 0 Å². The fourth-order valence-electron chi connectivity index (χ4n) is 3.07. The molecule has 2 fully saturated rings. The Kier molecular flexibility index (Phi) is 4.00. The van der Waals surface area contributed by atoms with Crippen molar-refractivity contribution in [3.05, 3.63) is 0 Å². The van der Waals surface area contributed by atoms with Gasteiger partial charge in [0.2, 0.25) is 0 Å². The molecule has 2 saturated heterocycles. The fraction of sp³-hybridized carbons (Fsp3) is 1.00. The minimum atomic E-state index is 0.730. The van der Waals surface area contributed by atoms with E-state index in [1.807, 2.05) is 0 Å². The third-order valence-electron chi connectivity index (χ3n) is 4.09. The normalized spacial score (nSPS) is 31.2. The van der Waals surface area contributed by atoms with Crippen LogP contribution in [-0.4, -0.2) is 56.1 Å². The highest BCUT2D eigenvalue weighted by atomic mass is 15.2. The second-order valence-electron chi connectivity index (χ2n) is 5.31. The molecule has 3 nitrogen and oxygen atoms in total. The molecule has 88 valence electrons. The molecule has 2 N–H and O–H groups in total. The summed E-state index contributed by atoms with van der Waals surface area (Å²) in [5.41, 5.74) is 5.93. The van der Waals surface area contributed by atoms with Crippen molar-refractivity contribution in [3.8, 4) is 0 Å². The molecule has 0 aromatic carbocycles. The average molecular weight is 211 g/mol. The lowest BCUT2D eigenvalue weighted by Crippen LogP contribution is -2.36. The fourth-order valence-corrected chi connectivity index (χ4v) is 3.07. The summed E-state index contributed by atoms with van der Waals surface area (Å²) < 4.78 is 0. The molecule has 3 heteroatoms. The third kappa shape index (κ3) is 2.92. The maximum Gasteiger partial charge on any atom is 0.00249 e. The molecule has 2 aliphatic heterocycles. The summed E-state index contributed by atoms with van der Waals surface area (Å²) in [4.78, 5) is 5.05. The number of rotatable bonds is 4. The molecule has 0 aromatic heterocycles. The Morgan fingerprint density at radius 2 is 2.00 bits per heavy atom. The van der Waals surface area contributed by atoms with Crippen molar-refractivity contribution in [2.24, 2.45) is 17.6 Å². The highest BCUT2D eigenvalue weighted by Crippen LogP contribution is 2.24. The van der Waals surface area contributed by atoms with E-state index in [0.717, 1.165) is 18.4 Å². The average Bonchev–Trinajstić information content (AvgIpc) is 2.85. The van der Waals surface area contributed by atoms with Gasteiger partial charge in [-0.1, -0.05) is 0 Å². The van der Waals surface area contributed by atoms with Gasteiger partial charge in [0.05, 0.1) is 0 Å². The quantitative estimate of drug-likeness (QED) is 0.739.